The maximum atomic E-state index is 10.3. The number of thiocarbonyl (C=S) groups is 1. The molecule has 0 rings (SSSR count). The Hall–Kier alpha value is -0.380. The lowest BCUT2D eigenvalue weighted by Crippen LogP contribution is -1.91. The van der Waals surface area contributed by atoms with Gasteiger partial charge in [-0.1, -0.05) is 0 Å². The Labute approximate surface area is 81.8 Å². The molecule has 0 N–H and O–H groups in total. The average Bonchev–Trinajstić information content (AvgIpc) is 2.02. The van der Waals surface area contributed by atoms with E-state index in [2.05, 4.69) is 26.6 Å². The summed E-state index contributed by atoms with van der Waals surface area (Å²) in [5.74, 6) is 0.559. The molecule has 0 spiro atoms. The summed E-state index contributed by atoms with van der Waals surface area (Å²) in [6.45, 7) is 2.10. The van der Waals surface area contributed by atoms with Gasteiger partial charge in [-0.3, -0.25) is 4.79 Å². The quantitative estimate of drug-likeness (QED) is 0.288. The van der Waals surface area contributed by atoms with Crippen LogP contribution in [0.5, 0.6) is 0 Å². The zero-order chi connectivity index (χ0) is 9.23. The number of nitrogens with zero attached hydrogens (tertiary/aromatic N) is 1. The van der Waals surface area contributed by atoms with Gasteiger partial charge in [0.25, 0.3) is 0 Å². The van der Waals surface area contributed by atoms with E-state index in [1.165, 1.54) is 19.0 Å². The van der Waals surface area contributed by atoms with Crippen molar-refractivity contribution >= 4 is 35.4 Å². The third-order valence-electron chi connectivity index (χ3n) is 0.988. The minimum Gasteiger partial charge on any atom is -0.392 e. The van der Waals surface area contributed by atoms with Crippen molar-refractivity contribution in [3.8, 4) is 0 Å². The van der Waals surface area contributed by atoms with E-state index in [1.54, 1.807) is 0 Å². The van der Waals surface area contributed by atoms with Gasteiger partial charge in [-0.2, -0.15) is 0 Å². The van der Waals surface area contributed by atoms with Crippen LogP contribution in [0.15, 0.2) is 4.99 Å². The van der Waals surface area contributed by atoms with E-state index in [0.29, 0.717) is 6.54 Å². The number of unbranched alkanes of at least 4 members (excludes halogenated alkanes) is 1. The van der Waals surface area contributed by atoms with Crippen LogP contribution in [0.25, 0.3) is 0 Å². The number of hydrogen-bond donors (Lipinski definition) is 0. The Morgan fingerprint density at radius 2 is 2.42 bits per heavy atom. The summed E-state index contributed by atoms with van der Waals surface area (Å²) in [6.07, 6.45) is 1.93. The van der Waals surface area contributed by atoms with E-state index in [9.17, 15) is 4.79 Å². The Balaban J connectivity index is 3.00. The molecule has 0 saturated carbocycles. The van der Waals surface area contributed by atoms with E-state index in [0.717, 1.165) is 18.6 Å². The van der Waals surface area contributed by atoms with Gasteiger partial charge < -0.3 is 4.18 Å². The molecule has 0 aromatic carbocycles. The van der Waals surface area contributed by atoms with E-state index in [4.69, 9.17) is 0 Å². The fraction of sp³-hybridized carbons (Fsp3) is 0.714. The summed E-state index contributed by atoms with van der Waals surface area (Å²) in [5, 5.41) is 2.29. The second-order valence-electron chi connectivity index (χ2n) is 2.08. The molecule has 0 amide bonds. The van der Waals surface area contributed by atoms with Crippen molar-refractivity contribution in [2.24, 2.45) is 4.99 Å². The Morgan fingerprint density at radius 1 is 1.67 bits per heavy atom. The van der Waals surface area contributed by atoms with Crippen molar-refractivity contribution < 1.29 is 8.98 Å². The highest BCUT2D eigenvalue weighted by Gasteiger charge is 1.93. The van der Waals surface area contributed by atoms with Gasteiger partial charge in [-0.05, 0) is 25.1 Å². The Bertz CT molecular complexity index is 172. The van der Waals surface area contributed by atoms with E-state index in [-0.39, 0.29) is 5.97 Å². The molecule has 0 heterocycles. The first-order chi connectivity index (χ1) is 5.77. The van der Waals surface area contributed by atoms with Gasteiger partial charge in [0, 0.05) is 19.2 Å². The normalized spacial score (nSPS) is 8.75. The molecule has 0 aliphatic heterocycles. The van der Waals surface area contributed by atoms with Crippen LogP contribution in [0, 0.1) is 0 Å². The second-order valence-corrected chi connectivity index (χ2v) is 3.07. The zero-order valence-electron chi connectivity index (χ0n) is 6.91. The Kier molecular flexibility index (Phi) is 8.44. The van der Waals surface area contributed by atoms with Crippen molar-refractivity contribution in [3.63, 3.8) is 0 Å². The summed E-state index contributed by atoms with van der Waals surface area (Å²) in [5.41, 5.74) is 0. The van der Waals surface area contributed by atoms with Gasteiger partial charge in [0.2, 0.25) is 0 Å². The van der Waals surface area contributed by atoms with Crippen molar-refractivity contribution in [2.45, 2.75) is 19.8 Å². The fourth-order valence-corrected chi connectivity index (χ4v) is 1.18. The molecule has 68 valence electrons. The van der Waals surface area contributed by atoms with Crippen molar-refractivity contribution in [2.75, 3.05) is 12.3 Å². The van der Waals surface area contributed by atoms with Gasteiger partial charge in [0.1, 0.15) is 0 Å². The third kappa shape index (κ3) is 9.62. The molecule has 0 bridgehead atoms. The number of isothiocyanates is 1. The summed E-state index contributed by atoms with van der Waals surface area (Å²) in [6, 6.07) is 0. The first kappa shape index (κ1) is 11.6. The Morgan fingerprint density at radius 3 is 3.00 bits per heavy atom. The van der Waals surface area contributed by atoms with E-state index in [1.807, 2.05) is 0 Å². The summed E-state index contributed by atoms with van der Waals surface area (Å²) < 4.78 is 4.66. The molecule has 0 aromatic heterocycles. The predicted molar refractivity (Wildman–Crippen MR) is 53.4 cm³/mol. The molecule has 3 nitrogen and oxygen atoms in total. The molecule has 0 atom stereocenters. The molecule has 0 fully saturated rings. The largest absolute Gasteiger partial charge is 0.392 e. The molecular weight excluding hydrogens is 194 g/mol. The zero-order valence-corrected chi connectivity index (χ0v) is 8.54. The number of carbonyl (C=O) groups excluding carboxylic acids is 1. The van der Waals surface area contributed by atoms with Crippen molar-refractivity contribution in [3.05, 3.63) is 0 Å². The number of rotatable bonds is 6. The predicted octanol–water partition coefficient (Wildman–Crippen LogP) is 2.08. The molecule has 0 aliphatic carbocycles. The topological polar surface area (TPSA) is 38.7 Å². The van der Waals surface area contributed by atoms with Gasteiger partial charge in [0.15, 0.2) is 0 Å². The lowest BCUT2D eigenvalue weighted by Gasteiger charge is -1.97. The maximum Gasteiger partial charge on any atom is 0.314 e. The minimum absolute atomic E-state index is 0.253. The molecule has 0 saturated heterocycles. The van der Waals surface area contributed by atoms with Gasteiger partial charge in [0.05, 0.1) is 17.2 Å². The van der Waals surface area contributed by atoms with Gasteiger partial charge >= 0.3 is 5.97 Å². The first-order valence-electron chi connectivity index (χ1n) is 3.61. The van der Waals surface area contributed by atoms with Gasteiger partial charge in [-0.25, -0.2) is 4.99 Å². The van der Waals surface area contributed by atoms with Crippen LogP contribution in [0.4, 0.5) is 0 Å². The lowest BCUT2D eigenvalue weighted by atomic mass is 10.3. The third-order valence-corrected chi connectivity index (χ3v) is 1.93. The molecule has 5 heteroatoms. The first-order valence-corrected chi connectivity index (χ1v) is 4.93. The smallest absolute Gasteiger partial charge is 0.314 e. The van der Waals surface area contributed by atoms with Gasteiger partial charge in [-0.15, -0.1) is 0 Å². The monoisotopic (exact) mass is 205 g/mol. The number of aliphatic imine (C=N–C) groups is 1. The molecule has 0 unspecified atom stereocenters. The van der Waals surface area contributed by atoms with Crippen LogP contribution in [0.1, 0.15) is 19.8 Å². The average molecular weight is 205 g/mol. The standard InChI is InChI=1S/C7H11NO2S2/c1-7(9)10-12-5-3-2-4-8-6-11/h2-5H2,1H3. The summed E-state index contributed by atoms with van der Waals surface area (Å²) >= 11 is 5.58. The lowest BCUT2D eigenvalue weighted by molar-refractivity contribution is -0.130. The van der Waals surface area contributed by atoms with Crippen LogP contribution in [0.2, 0.25) is 0 Å². The van der Waals surface area contributed by atoms with Crippen molar-refractivity contribution in [1.29, 1.82) is 0 Å². The second kappa shape index (κ2) is 8.71. The number of carbonyl (C=O) groups is 1. The summed E-state index contributed by atoms with van der Waals surface area (Å²) in [7, 11) is 0. The highest BCUT2D eigenvalue weighted by Crippen LogP contribution is 2.06. The van der Waals surface area contributed by atoms with Crippen molar-refractivity contribution in [1.82, 2.24) is 0 Å². The fourth-order valence-electron chi connectivity index (χ4n) is 0.522. The van der Waals surface area contributed by atoms with E-state index >= 15 is 0 Å². The van der Waals surface area contributed by atoms with Crippen LogP contribution in [0.3, 0.4) is 0 Å². The van der Waals surface area contributed by atoms with Crippen LogP contribution in [-0.4, -0.2) is 23.4 Å². The molecule has 0 aromatic rings. The maximum absolute atomic E-state index is 10.3. The number of hydrogen-bond acceptors (Lipinski definition) is 5. The summed E-state index contributed by atoms with van der Waals surface area (Å²) in [4.78, 5) is 14.0. The SMILES string of the molecule is CC(=O)OSCCCCN=C=S. The van der Waals surface area contributed by atoms with E-state index < -0.39 is 0 Å². The molecule has 12 heavy (non-hydrogen) atoms. The molecule has 0 aliphatic rings. The molecule has 0 radical (unpaired) electrons. The molecular formula is C7H11NO2S2. The van der Waals surface area contributed by atoms with Crippen LogP contribution >= 0.6 is 24.3 Å². The van der Waals surface area contributed by atoms with Crippen LogP contribution in [-0.2, 0) is 8.98 Å². The van der Waals surface area contributed by atoms with Crippen LogP contribution < -0.4 is 0 Å². The highest BCUT2D eigenvalue weighted by atomic mass is 32.2. The highest BCUT2D eigenvalue weighted by molar-refractivity contribution is 7.95. The minimum atomic E-state index is -0.253.